The number of nitrogens with zero attached hydrogens (tertiary/aromatic N) is 2. The van der Waals surface area contributed by atoms with Gasteiger partial charge >= 0.3 is 0 Å². The van der Waals surface area contributed by atoms with Crippen molar-refractivity contribution in [3.05, 3.63) is 35.8 Å². The van der Waals surface area contributed by atoms with E-state index in [1.54, 1.807) is 16.8 Å². The maximum absolute atomic E-state index is 13.8. The van der Waals surface area contributed by atoms with Crippen LogP contribution in [0, 0.1) is 5.82 Å². The summed E-state index contributed by atoms with van der Waals surface area (Å²) in [5.41, 5.74) is 2.28. The maximum atomic E-state index is 13.8. The van der Waals surface area contributed by atoms with Gasteiger partial charge in [0.25, 0.3) is 0 Å². The van der Waals surface area contributed by atoms with Gasteiger partial charge in [0.2, 0.25) is 0 Å². The molecule has 1 aromatic carbocycles. The predicted molar refractivity (Wildman–Crippen MR) is 69.9 cm³/mol. The van der Waals surface area contributed by atoms with Gasteiger partial charge in [0, 0.05) is 23.2 Å². The van der Waals surface area contributed by atoms with Crippen LogP contribution in [0.3, 0.4) is 0 Å². The van der Waals surface area contributed by atoms with Gasteiger partial charge in [-0.05, 0) is 30.2 Å². The lowest BCUT2D eigenvalue weighted by atomic mass is 10.1. The van der Waals surface area contributed by atoms with E-state index in [0.717, 1.165) is 5.69 Å². The summed E-state index contributed by atoms with van der Waals surface area (Å²) in [5.74, 6) is 0.0827. The molecule has 0 saturated carbocycles. The molecule has 4 heteroatoms. The van der Waals surface area contributed by atoms with Crippen molar-refractivity contribution in [2.75, 3.05) is 0 Å². The summed E-state index contributed by atoms with van der Waals surface area (Å²) in [7, 11) is 1.88. The van der Waals surface area contributed by atoms with Crippen molar-refractivity contribution in [2.45, 2.75) is 24.7 Å². The van der Waals surface area contributed by atoms with Crippen LogP contribution >= 0.6 is 12.6 Å². The zero-order chi connectivity index (χ0) is 12.6. The molecular formula is C13H15FN2S. The molecule has 90 valence electrons. The van der Waals surface area contributed by atoms with Gasteiger partial charge in [0.1, 0.15) is 5.82 Å². The Hall–Kier alpha value is -1.29. The summed E-state index contributed by atoms with van der Waals surface area (Å²) in [4.78, 5) is 0.617. The largest absolute Gasteiger partial charge is 0.272 e. The van der Waals surface area contributed by atoms with Gasteiger partial charge in [-0.2, -0.15) is 5.10 Å². The Morgan fingerprint density at radius 3 is 2.53 bits per heavy atom. The molecule has 0 aliphatic carbocycles. The Morgan fingerprint density at radius 2 is 2.00 bits per heavy atom. The second-order valence-electron chi connectivity index (χ2n) is 4.40. The van der Waals surface area contributed by atoms with Crippen molar-refractivity contribution < 1.29 is 4.39 Å². The van der Waals surface area contributed by atoms with Crippen LogP contribution in [0.15, 0.2) is 29.2 Å². The van der Waals surface area contributed by atoms with Crippen molar-refractivity contribution in [3.8, 4) is 11.3 Å². The highest BCUT2D eigenvalue weighted by Crippen LogP contribution is 2.26. The molecule has 1 aromatic heterocycles. The third-order valence-electron chi connectivity index (χ3n) is 2.74. The minimum atomic E-state index is -0.286. The molecular weight excluding hydrogens is 235 g/mol. The van der Waals surface area contributed by atoms with E-state index in [-0.39, 0.29) is 5.82 Å². The molecule has 2 aromatic rings. The fraction of sp³-hybridized carbons (Fsp3) is 0.308. The number of hydrogen-bond donors (Lipinski definition) is 1. The number of aromatic nitrogens is 2. The smallest absolute Gasteiger partial charge is 0.133 e. The van der Waals surface area contributed by atoms with Gasteiger partial charge in [-0.1, -0.05) is 13.8 Å². The molecule has 0 aliphatic heterocycles. The molecule has 0 radical (unpaired) electrons. The molecule has 2 rings (SSSR count). The number of benzene rings is 1. The molecule has 17 heavy (non-hydrogen) atoms. The van der Waals surface area contributed by atoms with Gasteiger partial charge < -0.3 is 0 Å². The van der Waals surface area contributed by atoms with Crippen LogP contribution in [0.4, 0.5) is 4.39 Å². The highest BCUT2D eigenvalue weighted by atomic mass is 32.1. The van der Waals surface area contributed by atoms with E-state index in [1.165, 1.54) is 6.07 Å². The summed E-state index contributed by atoms with van der Waals surface area (Å²) < 4.78 is 15.6. The van der Waals surface area contributed by atoms with Crippen molar-refractivity contribution >= 4 is 12.6 Å². The van der Waals surface area contributed by atoms with Gasteiger partial charge in [-0.25, -0.2) is 4.39 Å². The van der Waals surface area contributed by atoms with Crippen LogP contribution in [0.2, 0.25) is 0 Å². The lowest BCUT2D eigenvalue weighted by molar-refractivity contribution is 0.625. The molecule has 0 saturated heterocycles. The second kappa shape index (κ2) is 4.53. The first-order chi connectivity index (χ1) is 7.99. The van der Waals surface area contributed by atoms with E-state index in [9.17, 15) is 4.39 Å². The number of thiol groups is 1. The molecule has 0 atom stereocenters. The first-order valence-electron chi connectivity index (χ1n) is 5.52. The van der Waals surface area contributed by atoms with Crippen molar-refractivity contribution in [2.24, 2.45) is 7.05 Å². The minimum absolute atomic E-state index is 0.286. The van der Waals surface area contributed by atoms with E-state index in [0.29, 0.717) is 22.1 Å². The number of hydrogen-bond acceptors (Lipinski definition) is 2. The topological polar surface area (TPSA) is 17.8 Å². The average Bonchev–Trinajstić information content (AvgIpc) is 2.60. The van der Waals surface area contributed by atoms with Crippen molar-refractivity contribution in [1.82, 2.24) is 9.78 Å². The van der Waals surface area contributed by atoms with E-state index in [2.05, 4.69) is 31.6 Å². The Balaban J connectivity index is 2.50. The van der Waals surface area contributed by atoms with Crippen LogP contribution in [0.1, 0.15) is 25.5 Å². The van der Waals surface area contributed by atoms with E-state index in [4.69, 9.17) is 0 Å². The fourth-order valence-electron chi connectivity index (χ4n) is 1.87. The highest BCUT2D eigenvalue weighted by molar-refractivity contribution is 7.80. The van der Waals surface area contributed by atoms with Crippen LogP contribution in [0.5, 0.6) is 0 Å². The van der Waals surface area contributed by atoms with E-state index >= 15 is 0 Å². The molecule has 0 spiro atoms. The van der Waals surface area contributed by atoms with Crippen LogP contribution in [-0.4, -0.2) is 9.78 Å². The summed E-state index contributed by atoms with van der Waals surface area (Å²) >= 11 is 4.11. The van der Waals surface area contributed by atoms with Crippen LogP contribution in [-0.2, 0) is 7.05 Å². The normalized spacial score (nSPS) is 11.2. The lowest BCUT2D eigenvalue weighted by Crippen LogP contribution is -1.99. The van der Waals surface area contributed by atoms with Gasteiger partial charge in [0.15, 0.2) is 0 Å². The average molecular weight is 250 g/mol. The first kappa shape index (κ1) is 12.2. The van der Waals surface area contributed by atoms with Crippen LogP contribution in [0.25, 0.3) is 11.3 Å². The third-order valence-corrected chi connectivity index (χ3v) is 3.01. The minimum Gasteiger partial charge on any atom is -0.272 e. The van der Waals surface area contributed by atoms with E-state index in [1.807, 2.05) is 13.1 Å². The Labute approximate surface area is 106 Å². The Kier molecular flexibility index (Phi) is 3.24. The lowest BCUT2D eigenvalue weighted by Gasteiger charge is -2.02. The molecule has 0 unspecified atom stereocenters. The van der Waals surface area contributed by atoms with Crippen molar-refractivity contribution in [3.63, 3.8) is 0 Å². The maximum Gasteiger partial charge on any atom is 0.133 e. The number of rotatable bonds is 2. The van der Waals surface area contributed by atoms with Crippen LogP contribution < -0.4 is 0 Å². The Bertz CT molecular complexity index is 546. The summed E-state index contributed by atoms with van der Waals surface area (Å²) in [6.07, 6.45) is 0. The second-order valence-corrected chi connectivity index (χ2v) is 4.91. The molecule has 0 N–H and O–H groups in total. The third kappa shape index (κ3) is 2.36. The molecule has 0 bridgehead atoms. The molecule has 1 heterocycles. The SMILES string of the molecule is CC(C)c1cc(-c2ccc(S)cc2F)nn1C. The fourth-order valence-corrected chi connectivity index (χ4v) is 2.05. The monoisotopic (exact) mass is 250 g/mol. The predicted octanol–water partition coefficient (Wildman–Crippen LogP) is 3.64. The number of halogens is 1. The van der Waals surface area contributed by atoms with Crippen molar-refractivity contribution in [1.29, 1.82) is 0 Å². The Morgan fingerprint density at radius 1 is 1.29 bits per heavy atom. The summed E-state index contributed by atoms with van der Waals surface area (Å²) in [6, 6.07) is 6.82. The van der Waals surface area contributed by atoms with Gasteiger partial charge in [-0.3, -0.25) is 4.68 Å². The first-order valence-corrected chi connectivity index (χ1v) is 5.96. The highest BCUT2D eigenvalue weighted by Gasteiger charge is 2.13. The van der Waals surface area contributed by atoms with Gasteiger partial charge in [0.05, 0.1) is 5.69 Å². The molecule has 0 aliphatic rings. The zero-order valence-electron chi connectivity index (χ0n) is 10.1. The number of aryl methyl sites for hydroxylation is 1. The molecule has 0 amide bonds. The molecule has 0 fully saturated rings. The zero-order valence-corrected chi connectivity index (χ0v) is 11.0. The quantitative estimate of drug-likeness (QED) is 0.806. The summed E-state index contributed by atoms with van der Waals surface area (Å²) in [6.45, 7) is 4.18. The standard InChI is InChI=1S/C13H15FN2S/c1-8(2)13-7-12(15-16(13)3)10-5-4-9(17)6-11(10)14/h4-8,17H,1-3H3. The summed E-state index contributed by atoms with van der Waals surface area (Å²) in [5, 5.41) is 4.34. The van der Waals surface area contributed by atoms with E-state index < -0.39 is 0 Å². The van der Waals surface area contributed by atoms with Gasteiger partial charge in [-0.15, -0.1) is 12.6 Å². The molecule has 2 nitrogen and oxygen atoms in total.